The Kier molecular flexibility index (Phi) is 3.94. The van der Waals surface area contributed by atoms with Gasteiger partial charge in [-0.1, -0.05) is 6.58 Å². The lowest BCUT2D eigenvalue weighted by Crippen LogP contribution is -2.34. The van der Waals surface area contributed by atoms with Gasteiger partial charge in [0.15, 0.2) is 11.6 Å². The third kappa shape index (κ3) is 2.57. The van der Waals surface area contributed by atoms with Crippen LogP contribution in [-0.2, 0) is 17.8 Å². The van der Waals surface area contributed by atoms with Crippen LogP contribution in [0.1, 0.15) is 22.0 Å². The number of fused-ring (bicyclic) bond motifs is 1. The minimum Gasteiger partial charge on any atom is -0.465 e. The van der Waals surface area contributed by atoms with Gasteiger partial charge in [0, 0.05) is 19.2 Å². The Labute approximate surface area is 136 Å². The summed E-state index contributed by atoms with van der Waals surface area (Å²) in [7, 11) is 1.17. The molecule has 1 aliphatic heterocycles. The minimum atomic E-state index is -0.778. The summed E-state index contributed by atoms with van der Waals surface area (Å²) in [4.78, 5) is 28.2. The molecule has 2 aromatic heterocycles. The minimum absolute atomic E-state index is 0.133. The summed E-state index contributed by atoms with van der Waals surface area (Å²) in [6.07, 6.45) is 2.70. The first kappa shape index (κ1) is 15.6. The van der Waals surface area contributed by atoms with Gasteiger partial charge in [-0.2, -0.15) is 0 Å². The summed E-state index contributed by atoms with van der Waals surface area (Å²) in [5.41, 5.74) is -0.522. The van der Waals surface area contributed by atoms with Gasteiger partial charge in [0.2, 0.25) is 0 Å². The summed E-state index contributed by atoms with van der Waals surface area (Å²) >= 11 is 0. The molecule has 0 unspecified atom stereocenters. The zero-order chi connectivity index (χ0) is 17.3. The van der Waals surface area contributed by atoms with E-state index in [1.54, 1.807) is 6.08 Å². The van der Waals surface area contributed by atoms with Gasteiger partial charge in [0.1, 0.15) is 17.6 Å². The van der Waals surface area contributed by atoms with E-state index >= 15 is 0 Å². The van der Waals surface area contributed by atoms with Crippen molar-refractivity contribution in [3.05, 3.63) is 46.2 Å². The largest absolute Gasteiger partial charge is 0.465 e. The quantitative estimate of drug-likeness (QED) is 0.463. The van der Waals surface area contributed by atoms with Crippen LogP contribution < -0.4 is 4.90 Å². The van der Waals surface area contributed by atoms with Gasteiger partial charge in [-0.05, 0) is 6.08 Å². The second kappa shape index (κ2) is 6.07. The monoisotopic (exact) mass is 330 g/mol. The lowest BCUT2D eigenvalue weighted by molar-refractivity contribution is -0.385. The summed E-state index contributed by atoms with van der Waals surface area (Å²) in [6, 6.07) is 1.37. The number of hydrogen-bond acceptors (Lipinski definition) is 8. The van der Waals surface area contributed by atoms with E-state index in [0.717, 1.165) is 12.0 Å². The second-order valence-electron chi connectivity index (χ2n) is 5.06. The fraction of sp³-hybridized carbons (Fsp3) is 0.286. The molecule has 2 aromatic rings. The Hall–Kier alpha value is -3.30. The molecule has 10 heteroatoms. The van der Waals surface area contributed by atoms with Crippen molar-refractivity contribution in [2.24, 2.45) is 0 Å². The van der Waals surface area contributed by atoms with Crippen LogP contribution in [0.4, 0.5) is 11.5 Å². The molecule has 3 heterocycles. The van der Waals surface area contributed by atoms with Crippen molar-refractivity contribution in [2.75, 3.05) is 18.6 Å². The molecule has 3 rings (SSSR count). The van der Waals surface area contributed by atoms with E-state index in [0.29, 0.717) is 31.3 Å². The average molecular weight is 330 g/mol. The third-order valence-electron chi connectivity index (χ3n) is 3.76. The Morgan fingerprint density at radius 2 is 2.25 bits per heavy atom. The molecule has 0 fully saturated rings. The summed E-state index contributed by atoms with van der Waals surface area (Å²) in [5.74, 6) is 1.09. The Morgan fingerprint density at radius 3 is 2.92 bits per heavy atom. The first-order valence-corrected chi connectivity index (χ1v) is 7.07. The van der Waals surface area contributed by atoms with E-state index in [1.165, 1.54) is 13.2 Å². The van der Waals surface area contributed by atoms with Crippen LogP contribution in [0.3, 0.4) is 0 Å². The number of carbonyl (C=O) groups excluding carboxylic acids is 1. The van der Waals surface area contributed by atoms with Crippen molar-refractivity contribution in [1.82, 2.24) is 19.7 Å². The fourth-order valence-corrected chi connectivity index (χ4v) is 2.56. The molecule has 0 atom stereocenters. The standard InChI is InChI=1S/C14H14N6O4/c1-3-11-16-17-13-8-18(4-5-19(11)13)12-6-9(14(21)24-2)10(7-15-12)20(22)23/h3,6-7H,1,4-5,8H2,2H3. The molecular formula is C14H14N6O4. The number of nitro groups is 1. The molecule has 0 aliphatic carbocycles. The van der Waals surface area contributed by atoms with Crippen molar-refractivity contribution in [1.29, 1.82) is 0 Å². The molecule has 0 spiro atoms. The van der Waals surface area contributed by atoms with Crippen LogP contribution in [0.2, 0.25) is 0 Å². The number of carbonyl (C=O) groups is 1. The molecule has 0 radical (unpaired) electrons. The van der Waals surface area contributed by atoms with Gasteiger partial charge in [-0.15, -0.1) is 10.2 Å². The predicted octanol–water partition coefficient (Wildman–Crippen LogP) is 1.03. The van der Waals surface area contributed by atoms with E-state index in [2.05, 4.69) is 26.5 Å². The van der Waals surface area contributed by atoms with Gasteiger partial charge < -0.3 is 14.2 Å². The lowest BCUT2D eigenvalue weighted by Gasteiger charge is -2.28. The van der Waals surface area contributed by atoms with Crippen molar-refractivity contribution in [3.63, 3.8) is 0 Å². The molecule has 10 nitrogen and oxygen atoms in total. The van der Waals surface area contributed by atoms with Gasteiger partial charge in [-0.25, -0.2) is 9.78 Å². The zero-order valence-electron chi connectivity index (χ0n) is 12.9. The van der Waals surface area contributed by atoms with Gasteiger partial charge >= 0.3 is 11.7 Å². The number of aromatic nitrogens is 4. The highest BCUT2D eigenvalue weighted by atomic mass is 16.6. The number of anilines is 1. The van der Waals surface area contributed by atoms with Gasteiger partial charge in [-0.3, -0.25) is 10.1 Å². The molecule has 124 valence electrons. The number of hydrogen-bond donors (Lipinski definition) is 0. The summed E-state index contributed by atoms with van der Waals surface area (Å²) in [5, 5.41) is 19.2. The van der Waals surface area contributed by atoms with Crippen molar-refractivity contribution in [3.8, 4) is 0 Å². The molecular weight excluding hydrogens is 316 g/mol. The maximum atomic E-state index is 11.8. The number of methoxy groups -OCH3 is 1. The van der Waals surface area contributed by atoms with Crippen LogP contribution >= 0.6 is 0 Å². The Bertz CT molecular complexity index is 831. The van der Waals surface area contributed by atoms with E-state index in [4.69, 9.17) is 0 Å². The highest BCUT2D eigenvalue weighted by Gasteiger charge is 2.26. The lowest BCUT2D eigenvalue weighted by atomic mass is 10.2. The molecule has 1 aliphatic rings. The van der Waals surface area contributed by atoms with E-state index in [-0.39, 0.29) is 11.3 Å². The molecule has 24 heavy (non-hydrogen) atoms. The van der Waals surface area contributed by atoms with E-state index < -0.39 is 10.9 Å². The number of pyridine rings is 1. The molecule has 0 N–H and O–H groups in total. The average Bonchev–Trinajstić information content (AvgIpc) is 3.02. The molecule has 0 saturated carbocycles. The van der Waals surface area contributed by atoms with Crippen LogP contribution in [0.15, 0.2) is 18.8 Å². The summed E-state index contributed by atoms with van der Waals surface area (Å²) < 4.78 is 6.56. The fourth-order valence-electron chi connectivity index (χ4n) is 2.56. The van der Waals surface area contributed by atoms with E-state index in [9.17, 15) is 14.9 Å². The van der Waals surface area contributed by atoms with Crippen LogP contribution in [0, 0.1) is 10.1 Å². The zero-order valence-corrected chi connectivity index (χ0v) is 12.9. The molecule has 0 amide bonds. The van der Waals surface area contributed by atoms with Crippen molar-refractivity contribution < 1.29 is 14.5 Å². The van der Waals surface area contributed by atoms with Crippen molar-refractivity contribution in [2.45, 2.75) is 13.1 Å². The molecule has 0 saturated heterocycles. The third-order valence-corrected chi connectivity index (χ3v) is 3.76. The smallest absolute Gasteiger partial charge is 0.345 e. The normalized spacial score (nSPS) is 13.3. The first-order chi connectivity index (χ1) is 11.5. The highest BCUT2D eigenvalue weighted by molar-refractivity contribution is 5.94. The number of rotatable bonds is 4. The van der Waals surface area contributed by atoms with E-state index in [1.807, 2.05) is 9.47 Å². The topological polar surface area (TPSA) is 116 Å². The van der Waals surface area contributed by atoms with Gasteiger partial charge in [0.05, 0.1) is 18.6 Å². The Morgan fingerprint density at radius 1 is 1.46 bits per heavy atom. The highest BCUT2D eigenvalue weighted by Crippen LogP contribution is 2.25. The van der Waals surface area contributed by atoms with Crippen LogP contribution in [0.5, 0.6) is 0 Å². The maximum absolute atomic E-state index is 11.8. The predicted molar refractivity (Wildman–Crippen MR) is 83.4 cm³/mol. The number of esters is 1. The molecule has 0 bridgehead atoms. The van der Waals surface area contributed by atoms with Gasteiger partial charge in [0.25, 0.3) is 0 Å². The first-order valence-electron chi connectivity index (χ1n) is 7.07. The second-order valence-corrected chi connectivity index (χ2v) is 5.06. The maximum Gasteiger partial charge on any atom is 0.345 e. The van der Waals surface area contributed by atoms with Crippen LogP contribution in [0.25, 0.3) is 6.08 Å². The Balaban J connectivity index is 1.94. The number of ether oxygens (including phenoxy) is 1. The SMILES string of the molecule is C=Cc1nnc2n1CCN(c1cc(C(=O)OC)c([N+](=O)[O-])cn1)C2. The van der Waals surface area contributed by atoms with Crippen LogP contribution in [-0.4, -0.2) is 44.3 Å². The number of nitrogens with zero attached hydrogens (tertiary/aromatic N) is 6. The molecule has 0 aromatic carbocycles. The van der Waals surface area contributed by atoms with Crippen molar-refractivity contribution >= 4 is 23.6 Å². The summed E-state index contributed by atoms with van der Waals surface area (Å²) in [6.45, 7) is 5.33.